The number of amidine groups is 1. The monoisotopic (exact) mass is 595 g/mol. The van der Waals surface area contributed by atoms with E-state index in [1.54, 1.807) is 29.2 Å². The van der Waals surface area contributed by atoms with Gasteiger partial charge in [0.15, 0.2) is 0 Å². The predicted octanol–water partition coefficient (Wildman–Crippen LogP) is 4.45. The lowest BCUT2D eigenvalue weighted by Crippen LogP contribution is -2.50. The van der Waals surface area contributed by atoms with Gasteiger partial charge in [0.2, 0.25) is 15.9 Å². The molecule has 3 rings (SSSR count). The standard InChI is InChI=1S/C32H45N5O4S/c1-4-41-28-13-11-26(12-14-28)27-9-6-10-29(22-27)42(39,40)36-30(21-23(2)7-5-8-24(3)31(34)35)32(38)37-19-16-25(15-18-33)17-20-37/h5-14,22,24-25,30,36H,4,15-21,33H2,1-3H3,(H3,34,35)/b8-5-,23-7+. The number of amides is 1. The van der Waals surface area contributed by atoms with Crippen LogP contribution >= 0.6 is 0 Å². The molecule has 0 bridgehead atoms. The minimum Gasteiger partial charge on any atom is -0.494 e. The van der Waals surface area contributed by atoms with Gasteiger partial charge >= 0.3 is 0 Å². The molecule has 0 spiro atoms. The molecule has 2 aromatic rings. The fraction of sp³-hybridized carbons (Fsp3) is 0.438. The van der Waals surface area contributed by atoms with Crippen molar-refractivity contribution in [3.63, 3.8) is 0 Å². The Morgan fingerprint density at radius 2 is 1.86 bits per heavy atom. The summed E-state index contributed by atoms with van der Waals surface area (Å²) in [6, 6.07) is 13.2. The van der Waals surface area contributed by atoms with E-state index in [4.69, 9.17) is 21.6 Å². The van der Waals surface area contributed by atoms with Crippen LogP contribution in [0.5, 0.6) is 5.75 Å². The second-order valence-corrected chi connectivity index (χ2v) is 12.6. The van der Waals surface area contributed by atoms with E-state index in [1.165, 1.54) is 6.07 Å². The third-order valence-corrected chi connectivity index (χ3v) is 9.01. The summed E-state index contributed by atoms with van der Waals surface area (Å²) in [6.07, 6.45) is 8.25. The lowest BCUT2D eigenvalue weighted by Gasteiger charge is -2.34. The average Bonchev–Trinajstić information content (AvgIpc) is 2.97. The van der Waals surface area contributed by atoms with Crippen molar-refractivity contribution in [2.75, 3.05) is 26.2 Å². The number of likely N-dealkylation sites (tertiary alicyclic amines) is 1. The van der Waals surface area contributed by atoms with Crippen molar-refractivity contribution >= 4 is 21.8 Å². The first kappa shape index (κ1) is 33.0. The first-order valence-electron chi connectivity index (χ1n) is 14.6. The van der Waals surface area contributed by atoms with Crippen molar-refractivity contribution in [3.8, 4) is 16.9 Å². The van der Waals surface area contributed by atoms with Gasteiger partial charge in [-0.25, -0.2) is 8.42 Å². The highest BCUT2D eigenvalue weighted by Gasteiger charge is 2.31. The summed E-state index contributed by atoms with van der Waals surface area (Å²) in [6.45, 7) is 7.93. The molecule has 1 aliphatic heterocycles. The Balaban J connectivity index is 1.84. The third-order valence-electron chi connectivity index (χ3n) is 7.54. The maximum absolute atomic E-state index is 13.7. The maximum Gasteiger partial charge on any atom is 0.241 e. The summed E-state index contributed by atoms with van der Waals surface area (Å²) < 4.78 is 35.6. The lowest BCUT2D eigenvalue weighted by molar-refractivity contribution is -0.134. The smallest absolute Gasteiger partial charge is 0.241 e. The summed E-state index contributed by atoms with van der Waals surface area (Å²) in [5, 5.41) is 7.55. The van der Waals surface area contributed by atoms with Crippen molar-refractivity contribution in [2.24, 2.45) is 23.3 Å². The fourth-order valence-corrected chi connectivity index (χ4v) is 6.20. The summed E-state index contributed by atoms with van der Waals surface area (Å²) in [7, 11) is -4.03. The molecule has 228 valence electrons. The molecular formula is C32H45N5O4S. The van der Waals surface area contributed by atoms with Gasteiger partial charge in [-0.2, -0.15) is 4.72 Å². The van der Waals surface area contributed by atoms with Crippen LogP contribution in [0, 0.1) is 17.2 Å². The number of hydrogen-bond acceptors (Lipinski definition) is 6. The summed E-state index contributed by atoms with van der Waals surface area (Å²) in [4.78, 5) is 15.6. The molecule has 1 amide bonds. The molecule has 1 aliphatic rings. The quantitative estimate of drug-likeness (QED) is 0.144. The van der Waals surface area contributed by atoms with Crippen LogP contribution in [0.15, 0.2) is 77.2 Å². The van der Waals surface area contributed by atoms with E-state index in [9.17, 15) is 13.2 Å². The fourth-order valence-electron chi connectivity index (χ4n) is 4.97. The highest BCUT2D eigenvalue weighted by molar-refractivity contribution is 7.89. The van der Waals surface area contributed by atoms with Crippen LogP contribution in [-0.2, 0) is 14.8 Å². The maximum atomic E-state index is 13.7. The van der Waals surface area contributed by atoms with Gasteiger partial charge < -0.3 is 21.1 Å². The first-order valence-corrected chi connectivity index (χ1v) is 16.0. The van der Waals surface area contributed by atoms with Crippen LogP contribution < -0.4 is 20.9 Å². The summed E-state index contributed by atoms with van der Waals surface area (Å²) >= 11 is 0. The number of hydrogen-bond donors (Lipinski definition) is 4. The first-order chi connectivity index (χ1) is 20.0. The highest BCUT2D eigenvalue weighted by atomic mass is 32.2. The van der Waals surface area contributed by atoms with Crippen LogP contribution in [0.25, 0.3) is 11.1 Å². The van der Waals surface area contributed by atoms with Gasteiger partial charge in [0.1, 0.15) is 11.8 Å². The molecule has 42 heavy (non-hydrogen) atoms. The number of benzene rings is 2. The molecule has 0 saturated carbocycles. The van der Waals surface area contributed by atoms with Gasteiger partial charge in [-0.05, 0) is 87.4 Å². The predicted molar refractivity (Wildman–Crippen MR) is 169 cm³/mol. The largest absolute Gasteiger partial charge is 0.494 e. The second-order valence-electron chi connectivity index (χ2n) is 10.9. The van der Waals surface area contributed by atoms with E-state index >= 15 is 0 Å². The van der Waals surface area contributed by atoms with Crippen LogP contribution in [0.4, 0.5) is 0 Å². The summed E-state index contributed by atoms with van der Waals surface area (Å²) in [5.74, 6) is 0.830. The second kappa shape index (κ2) is 15.7. The number of rotatable bonds is 14. The van der Waals surface area contributed by atoms with Gasteiger partial charge in [0, 0.05) is 19.0 Å². The summed E-state index contributed by atoms with van der Waals surface area (Å²) in [5.41, 5.74) is 13.7. The van der Waals surface area contributed by atoms with E-state index in [-0.39, 0.29) is 29.0 Å². The normalized spacial score (nSPS) is 16.4. The molecule has 10 heteroatoms. The number of ether oxygens (including phenoxy) is 1. The number of sulfonamides is 1. The van der Waals surface area contributed by atoms with Gasteiger partial charge in [-0.15, -0.1) is 0 Å². The molecule has 1 heterocycles. The Hall–Kier alpha value is -3.47. The van der Waals surface area contributed by atoms with Crippen molar-refractivity contribution in [3.05, 3.63) is 72.3 Å². The van der Waals surface area contributed by atoms with Gasteiger partial charge in [-0.1, -0.05) is 55.0 Å². The zero-order valence-electron chi connectivity index (χ0n) is 24.9. The van der Waals surface area contributed by atoms with Crippen LogP contribution in [0.1, 0.15) is 46.5 Å². The van der Waals surface area contributed by atoms with Crippen molar-refractivity contribution in [1.29, 1.82) is 5.41 Å². The Bertz CT molecular complexity index is 1360. The van der Waals surface area contributed by atoms with Crippen molar-refractivity contribution in [1.82, 2.24) is 9.62 Å². The topological polar surface area (TPSA) is 152 Å². The van der Waals surface area contributed by atoms with E-state index in [0.29, 0.717) is 32.2 Å². The SMILES string of the molecule is CCOc1ccc(-c2cccc(S(=O)(=O)NC(C/C(C)=C/C=C\C(C)C(=N)N)C(=O)N3CCC(CCN)CC3)c2)cc1. The van der Waals surface area contributed by atoms with Crippen LogP contribution in [0.2, 0.25) is 0 Å². The molecule has 9 nitrogen and oxygen atoms in total. The number of nitrogens with zero attached hydrogens (tertiary/aromatic N) is 1. The third kappa shape index (κ3) is 9.54. The van der Waals surface area contributed by atoms with Crippen molar-refractivity contribution < 1.29 is 17.9 Å². The molecule has 0 aliphatic carbocycles. The van der Waals surface area contributed by atoms with Gasteiger partial charge in [0.25, 0.3) is 0 Å². The number of carbonyl (C=O) groups is 1. The molecule has 1 fully saturated rings. The minimum atomic E-state index is -4.03. The molecule has 2 unspecified atom stereocenters. The number of carbonyl (C=O) groups excluding carboxylic acids is 1. The molecular weight excluding hydrogens is 550 g/mol. The molecule has 2 aromatic carbocycles. The van der Waals surface area contributed by atoms with E-state index in [0.717, 1.165) is 41.7 Å². The number of allylic oxidation sites excluding steroid dienone is 2. The lowest BCUT2D eigenvalue weighted by atomic mass is 9.93. The molecule has 0 aromatic heterocycles. The molecule has 2 atom stereocenters. The molecule has 0 radical (unpaired) electrons. The van der Waals surface area contributed by atoms with Crippen molar-refractivity contribution in [2.45, 2.75) is 57.4 Å². The zero-order valence-corrected chi connectivity index (χ0v) is 25.7. The van der Waals surface area contributed by atoms with Crippen LogP contribution in [-0.4, -0.2) is 57.3 Å². The molecule has 1 saturated heterocycles. The Labute approximate surface area is 250 Å². The number of nitrogens with two attached hydrogens (primary N) is 2. The Morgan fingerprint density at radius 3 is 2.48 bits per heavy atom. The van der Waals surface area contributed by atoms with Crippen LogP contribution in [0.3, 0.4) is 0 Å². The van der Waals surface area contributed by atoms with Gasteiger partial charge in [-0.3, -0.25) is 10.2 Å². The van der Waals surface area contributed by atoms with E-state index in [1.807, 2.05) is 57.2 Å². The molecule has 6 N–H and O–H groups in total. The zero-order chi connectivity index (χ0) is 30.7. The number of nitrogens with one attached hydrogen (secondary N) is 2. The van der Waals surface area contributed by atoms with E-state index < -0.39 is 16.1 Å². The average molecular weight is 596 g/mol. The Kier molecular flexibility index (Phi) is 12.3. The van der Waals surface area contributed by atoms with Gasteiger partial charge in [0.05, 0.1) is 17.3 Å². The Morgan fingerprint density at radius 1 is 1.17 bits per heavy atom. The van der Waals surface area contributed by atoms with E-state index in [2.05, 4.69) is 4.72 Å². The highest BCUT2D eigenvalue weighted by Crippen LogP contribution is 2.26. The minimum absolute atomic E-state index is 0.0589. The number of piperidine rings is 1.